The molecule has 1 aromatic carbocycles. The lowest BCUT2D eigenvalue weighted by molar-refractivity contribution is -0.134. The maximum absolute atomic E-state index is 12.6. The van der Waals surface area contributed by atoms with Gasteiger partial charge in [0.05, 0.1) is 6.54 Å². The Morgan fingerprint density at radius 1 is 1.19 bits per heavy atom. The molecular formula is C22H30N2O2. The Kier molecular flexibility index (Phi) is 8.21. The van der Waals surface area contributed by atoms with Crippen LogP contribution in [-0.2, 0) is 9.59 Å². The third-order valence-electron chi connectivity index (χ3n) is 4.99. The summed E-state index contributed by atoms with van der Waals surface area (Å²) in [5, 5.41) is 3.04. The molecule has 1 aliphatic rings. The first-order valence-electron chi connectivity index (χ1n) is 9.73. The zero-order chi connectivity index (χ0) is 18.8. The summed E-state index contributed by atoms with van der Waals surface area (Å²) >= 11 is 0. The second-order valence-corrected chi connectivity index (χ2v) is 7.00. The molecule has 0 aliphatic heterocycles. The smallest absolute Gasteiger partial charge is 0.224 e. The van der Waals surface area contributed by atoms with E-state index in [0.29, 0.717) is 12.6 Å². The highest BCUT2D eigenvalue weighted by atomic mass is 16.2. The van der Waals surface area contributed by atoms with E-state index in [2.05, 4.69) is 24.1 Å². The number of hydrogen-bond donors (Lipinski definition) is 1. The van der Waals surface area contributed by atoms with Gasteiger partial charge in [-0.2, -0.15) is 0 Å². The van der Waals surface area contributed by atoms with Crippen LogP contribution < -0.4 is 5.32 Å². The molecule has 0 bridgehead atoms. The summed E-state index contributed by atoms with van der Waals surface area (Å²) in [4.78, 5) is 26.5. The molecule has 1 aliphatic carbocycles. The van der Waals surface area contributed by atoms with Gasteiger partial charge in [0.1, 0.15) is 0 Å². The Labute approximate surface area is 157 Å². The van der Waals surface area contributed by atoms with Gasteiger partial charge in [-0.15, -0.1) is 0 Å². The normalized spacial score (nSPS) is 15.0. The van der Waals surface area contributed by atoms with E-state index in [1.807, 2.05) is 37.3 Å². The predicted molar refractivity (Wildman–Crippen MR) is 104 cm³/mol. The lowest BCUT2D eigenvalue weighted by Crippen LogP contribution is -2.39. The quantitative estimate of drug-likeness (QED) is 0.762. The number of nitrogens with one attached hydrogen (secondary N) is 1. The van der Waals surface area contributed by atoms with Gasteiger partial charge in [-0.3, -0.25) is 9.59 Å². The minimum atomic E-state index is -0.00952. The molecule has 1 unspecified atom stereocenters. The Morgan fingerprint density at radius 3 is 2.54 bits per heavy atom. The summed E-state index contributed by atoms with van der Waals surface area (Å²) in [6.07, 6.45) is 5.87. The fourth-order valence-corrected chi connectivity index (χ4v) is 3.19. The number of amides is 2. The zero-order valence-electron chi connectivity index (χ0n) is 16.0. The highest BCUT2D eigenvalue weighted by Gasteiger charge is 2.21. The summed E-state index contributed by atoms with van der Waals surface area (Å²) in [7, 11) is 0. The number of carbonyl (C=O) groups excluding carboxylic acids is 2. The molecule has 4 nitrogen and oxygen atoms in total. The molecule has 2 amide bonds. The van der Waals surface area contributed by atoms with Crippen LogP contribution in [0.15, 0.2) is 30.3 Å². The molecule has 1 fully saturated rings. The first-order chi connectivity index (χ1) is 12.6. The molecule has 0 heterocycles. The van der Waals surface area contributed by atoms with Gasteiger partial charge < -0.3 is 10.2 Å². The third-order valence-corrected chi connectivity index (χ3v) is 4.99. The number of carbonyl (C=O) groups is 2. The summed E-state index contributed by atoms with van der Waals surface area (Å²) in [5.74, 6) is 6.19. The highest BCUT2D eigenvalue weighted by Crippen LogP contribution is 2.17. The average Bonchev–Trinajstić information content (AvgIpc) is 3.16. The van der Waals surface area contributed by atoms with E-state index in [9.17, 15) is 9.59 Å². The van der Waals surface area contributed by atoms with Crippen LogP contribution >= 0.6 is 0 Å². The number of rotatable bonds is 7. The molecule has 1 N–H and O–H groups in total. The minimum absolute atomic E-state index is 0.00304. The van der Waals surface area contributed by atoms with Crippen molar-refractivity contribution in [3.05, 3.63) is 35.9 Å². The maximum atomic E-state index is 12.6. The summed E-state index contributed by atoms with van der Waals surface area (Å²) in [6, 6.07) is 10.2. The van der Waals surface area contributed by atoms with Crippen LogP contribution in [0.4, 0.5) is 0 Å². The minimum Gasteiger partial charge on any atom is -0.353 e. The van der Waals surface area contributed by atoms with Crippen LogP contribution in [0.2, 0.25) is 0 Å². The van der Waals surface area contributed by atoms with Crippen molar-refractivity contribution in [2.45, 2.75) is 70.9 Å². The van der Waals surface area contributed by atoms with E-state index >= 15 is 0 Å². The lowest BCUT2D eigenvalue weighted by atomic mass is 10.1. The molecule has 1 atom stereocenters. The third kappa shape index (κ3) is 6.55. The van der Waals surface area contributed by atoms with Crippen molar-refractivity contribution in [2.75, 3.05) is 6.54 Å². The van der Waals surface area contributed by atoms with Gasteiger partial charge in [-0.1, -0.05) is 49.8 Å². The number of nitrogens with zero attached hydrogens (tertiary/aromatic N) is 1. The van der Waals surface area contributed by atoms with Crippen LogP contribution in [0.1, 0.15) is 64.4 Å². The first kappa shape index (κ1) is 20.0. The van der Waals surface area contributed by atoms with Crippen molar-refractivity contribution < 1.29 is 9.59 Å². The fourth-order valence-electron chi connectivity index (χ4n) is 3.19. The van der Waals surface area contributed by atoms with Gasteiger partial charge in [0.25, 0.3) is 0 Å². The molecule has 2 rings (SSSR count). The maximum Gasteiger partial charge on any atom is 0.224 e. The summed E-state index contributed by atoms with van der Waals surface area (Å²) in [5.41, 5.74) is 0.944. The van der Waals surface area contributed by atoms with Crippen LogP contribution in [-0.4, -0.2) is 35.3 Å². The standard InChI is InChI=1S/C22H30N2O2/c1-3-18(2)24(17-9-12-19-10-5-4-6-11-19)22(26)16-15-21(25)23-20-13-7-8-14-20/h4-6,10-11,18,20H,3,7-8,13-17H2,1-2H3,(H,23,25). The second-order valence-electron chi connectivity index (χ2n) is 7.00. The van der Waals surface area contributed by atoms with Crippen molar-refractivity contribution in [3.63, 3.8) is 0 Å². The van der Waals surface area contributed by atoms with Crippen molar-refractivity contribution in [1.82, 2.24) is 10.2 Å². The van der Waals surface area contributed by atoms with E-state index in [0.717, 1.165) is 24.8 Å². The van der Waals surface area contributed by atoms with Gasteiger partial charge in [-0.05, 0) is 38.3 Å². The van der Waals surface area contributed by atoms with Gasteiger partial charge in [0, 0.05) is 30.5 Å². The molecular weight excluding hydrogens is 324 g/mol. The van der Waals surface area contributed by atoms with Crippen LogP contribution in [0.3, 0.4) is 0 Å². The van der Waals surface area contributed by atoms with E-state index in [1.165, 1.54) is 12.8 Å². The Morgan fingerprint density at radius 2 is 1.88 bits per heavy atom. The second kappa shape index (κ2) is 10.7. The summed E-state index contributed by atoms with van der Waals surface area (Å²) < 4.78 is 0. The largest absolute Gasteiger partial charge is 0.353 e. The predicted octanol–water partition coefficient (Wildman–Crippen LogP) is 3.50. The van der Waals surface area contributed by atoms with E-state index in [1.54, 1.807) is 4.90 Å². The fraction of sp³-hybridized carbons (Fsp3) is 0.545. The van der Waals surface area contributed by atoms with Gasteiger partial charge >= 0.3 is 0 Å². The van der Waals surface area contributed by atoms with Gasteiger partial charge in [0.15, 0.2) is 0 Å². The van der Waals surface area contributed by atoms with E-state index in [-0.39, 0.29) is 30.7 Å². The topological polar surface area (TPSA) is 49.4 Å². The molecule has 1 aromatic rings. The van der Waals surface area contributed by atoms with Gasteiger partial charge in [0.2, 0.25) is 11.8 Å². The van der Waals surface area contributed by atoms with E-state index in [4.69, 9.17) is 0 Å². The Hall–Kier alpha value is -2.28. The van der Waals surface area contributed by atoms with Crippen molar-refractivity contribution in [3.8, 4) is 11.8 Å². The van der Waals surface area contributed by atoms with Crippen molar-refractivity contribution in [1.29, 1.82) is 0 Å². The van der Waals surface area contributed by atoms with Crippen LogP contribution in [0, 0.1) is 11.8 Å². The molecule has 4 heteroatoms. The summed E-state index contributed by atoms with van der Waals surface area (Å²) in [6.45, 7) is 4.48. The van der Waals surface area contributed by atoms with Crippen LogP contribution in [0.5, 0.6) is 0 Å². The van der Waals surface area contributed by atoms with Crippen LogP contribution in [0.25, 0.3) is 0 Å². The Balaban J connectivity index is 1.85. The zero-order valence-corrected chi connectivity index (χ0v) is 16.0. The molecule has 0 radical (unpaired) electrons. The molecule has 0 aromatic heterocycles. The molecule has 140 valence electrons. The molecule has 26 heavy (non-hydrogen) atoms. The SMILES string of the molecule is CCC(C)N(CC#Cc1ccccc1)C(=O)CCC(=O)NC1CCCC1. The molecule has 0 saturated heterocycles. The average molecular weight is 354 g/mol. The van der Waals surface area contributed by atoms with Gasteiger partial charge in [-0.25, -0.2) is 0 Å². The lowest BCUT2D eigenvalue weighted by Gasteiger charge is -2.26. The molecule has 0 spiro atoms. The number of hydrogen-bond acceptors (Lipinski definition) is 2. The Bertz CT molecular complexity index is 639. The number of benzene rings is 1. The monoisotopic (exact) mass is 354 g/mol. The molecule has 1 saturated carbocycles. The van der Waals surface area contributed by atoms with Crippen molar-refractivity contribution >= 4 is 11.8 Å². The van der Waals surface area contributed by atoms with E-state index < -0.39 is 0 Å². The highest BCUT2D eigenvalue weighted by molar-refractivity contribution is 5.84. The first-order valence-corrected chi connectivity index (χ1v) is 9.73. The van der Waals surface area contributed by atoms with Crippen molar-refractivity contribution in [2.24, 2.45) is 0 Å².